The minimum Gasteiger partial charge on any atom is -0.351 e. The second-order valence-electron chi connectivity index (χ2n) is 4.14. The number of hydrogen-bond donors (Lipinski definition) is 2. The molecule has 0 fully saturated rings. The van der Waals surface area contributed by atoms with E-state index in [9.17, 15) is 9.59 Å². The molecule has 0 aliphatic carbocycles. The molecule has 0 atom stereocenters. The smallest absolute Gasteiger partial charge is 0.318 e. The van der Waals surface area contributed by atoms with Gasteiger partial charge >= 0.3 is 6.03 Å². The van der Waals surface area contributed by atoms with Gasteiger partial charge in [0.15, 0.2) is 0 Å². The molecular formula is C13H19N3O2. The van der Waals surface area contributed by atoms with E-state index in [1.54, 1.807) is 0 Å². The van der Waals surface area contributed by atoms with E-state index in [1.807, 2.05) is 43.0 Å². The summed E-state index contributed by atoms with van der Waals surface area (Å²) >= 11 is 0. The first-order chi connectivity index (χ1) is 8.52. The van der Waals surface area contributed by atoms with E-state index >= 15 is 0 Å². The Labute approximate surface area is 107 Å². The molecule has 1 rings (SSSR count). The Hall–Kier alpha value is -1.88. The van der Waals surface area contributed by atoms with Crippen LogP contribution in [0, 0.1) is 6.92 Å². The molecular weight excluding hydrogens is 230 g/mol. The summed E-state index contributed by atoms with van der Waals surface area (Å²) in [7, 11) is 0. The van der Waals surface area contributed by atoms with E-state index in [0.29, 0.717) is 6.54 Å². The fourth-order valence-corrected chi connectivity index (χ4v) is 1.69. The molecule has 1 aromatic carbocycles. The van der Waals surface area contributed by atoms with E-state index < -0.39 is 6.03 Å². The average Bonchev–Trinajstić information content (AvgIpc) is 2.30. The van der Waals surface area contributed by atoms with E-state index in [1.165, 1.54) is 11.1 Å². The van der Waals surface area contributed by atoms with Crippen LogP contribution in [0.4, 0.5) is 4.79 Å². The molecule has 0 bridgehead atoms. The van der Waals surface area contributed by atoms with Crippen molar-refractivity contribution < 1.29 is 9.59 Å². The van der Waals surface area contributed by atoms with Crippen molar-refractivity contribution in [3.05, 3.63) is 35.4 Å². The predicted molar refractivity (Wildman–Crippen MR) is 69.9 cm³/mol. The molecule has 0 radical (unpaired) electrons. The van der Waals surface area contributed by atoms with Crippen molar-refractivity contribution in [1.82, 2.24) is 10.2 Å². The summed E-state index contributed by atoms with van der Waals surface area (Å²) in [5, 5.41) is 2.07. The third-order valence-corrected chi connectivity index (χ3v) is 2.73. The summed E-state index contributed by atoms with van der Waals surface area (Å²) in [6.07, 6.45) is 0. The maximum Gasteiger partial charge on any atom is 0.318 e. The first kappa shape index (κ1) is 14.2. The molecule has 98 valence electrons. The molecule has 3 amide bonds. The number of nitrogens with two attached hydrogens (primary N) is 1. The van der Waals surface area contributed by atoms with Crippen LogP contribution in [0.3, 0.4) is 0 Å². The number of carbonyl (C=O) groups is 2. The van der Waals surface area contributed by atoms with Gasteiger partial charge in [-0.1, -0.05) is 31.2 Å². The summed E-state index contributed by atoms with van der Waals surface area (Å²) in [6, 6.07) is 7.21. The molecule has 3 N–H and O–H groups in total. The molecule has 0 aromatic heterocycles. The molecule has 0 aliphatic heterocycles. The Morgan fingerprint density at radius 3 is 2.56 bits per heavy atom. The van der Waals surface area contributed by atoms with Gasteiger partial charge in [-0.25, -0.2) is 4.79 Å². The van der Waals surface area contributed by atoms with Crippen LogP contribution < -0.4 is 11.1 Å². The second kappa shape index (κ2) is 6.76. The lowest BCUT2D eigenvalue weighted by atomic mass is 10.1. The number of benzene rings is 1. The highest BCUT2D eigenvalue weighted by Crippen LogP contribution is 2.09. The Bertz CT molecular complexity index is 432. The average molecular weight is 249 g/mol. The molecule has 0 saturated carbocycles. The number of hydrogen-bond acceptors (Lipinski definition) is 3. The largest absolute Gasteiger partial charge is 0.351 e. The van der Waals surface area contributed by atoms with E-state index in [-0.39, 0.29) is 12.5 Å². The van der Waals surface area contributed by atoms with Crippen LogP contribution in [0.1, 0.15) is 18.1 Å². The van der Waals surface area contributed by atoms with Crippen LogP contribution in [0.15, 0.2) is 24.3 Å². The summed E-state index contributed by atoms with van der Waals surface area (Å²) in [5.41, 5.74) is 7.26. The highest BCUT2D eigenvalue weighted by Gasteiger charge is 2.11. The number of amides is 3. The molecule has 0 unspecified atom stereocenters. The van der Waals surface area contributed by atoms with Crippen LogP contribution in [0.2, 0.25) is 0 Å². The summed E-state index contributed by atoms with van der Waals surface area (Å²) in [4.78, 5) is 24.0. The molecule has 5 heteroatoms. The van der Waals surface area contributed by atoms with Crippen molar-refractivity contribution in [3.8, 4) is 0 Å². The quantitative estimate of drug-likeness (QED) is 0.817. The molecule has 0 aliphatic rings. The standard InChI is InChI=1S/C13H19N3O2/c1-3-16(9-12(17)15-13(14)18)8-11-7-5-4-6-10(11)2/h4-7H,3,8-9H2,1-2H3,(H3,14,15,17,18). The summed E-state index contributed by atoms with van der Waals surface area (Å²) in [6.45, 7) is 5.56. The van der Waals surface area contributed by atoms with Crippen molar-refractivity contribution in [3.63, 3.8) is 0 Å². The van der Waals surface area contributed by atoms with E-state index in [0.717, 1.165) is 6.54 Å². The zero-order chi connectivity index (χ0) is 13.5. The minimum atomic E-state index is -0.813. The molecule has 0 spiro atoms. The number of primary amides is 1. The van der Waals surface area contributed by atoms with Crippen molar-refractivity contribution in [2.45, 2.75) is 20.4 Å². The highest BCUT2D eigenvalue weighted by atomic mass is 16.2. The lowest BCUT2D eigenvalue weighted by Crippen LogP contribution is -2.42. The van der Waals surface area contributed by atoms with Gasteiger partial charge in [-0.05, 0) is 24.6 Å². The molecule has 1 aromatic rings. The van der Waals surface area contributed by atoms with Crippen LogP contribution in [-0.4, -0.2) is 29.9 Å². The maximum absolute atomic E-state index is 11.4. The predicted octanol–water partition coefficient (Wildman–Crippen LogP) is 1.01. The van der Waals surface area contributed by atoms with Gasteiger partial charge in [-0.15, -0.1) is 0 Å². The molecule has 0 heterocycles. The fourth-order valence-electron chi connectivity index (χ4n) is 1.69. The Kier molecular flexibility index (Phi) is 5.32. The summed E-state index contributed by atoms with van der Waals surface area (Å²) < 4.78 is 0. The first-order valence-corrected chi connectivity index (χ1v) is 5.89. The Morgan fingerprint density at radius 2 is 2.00 bits per heavy atom. The Balaban J connectivity index is 2.60. The lowest BCUT2D eigenvalue weighted by Gasteiger charge is -2.20. The van der Waals surface area contributed by atoms with Gasteiger partial charge in [0.05, 0.1) is 6.54 Å². The van der Waals surface area contributed by atoms with Crippen molar-refractivity contribution >= 4 is 11.9 Å². The number of aryl methyl sites for hydroxylation is 1. The number of imide groups is 1. The number of rotatable bonds is 5. The minimum absolute atomic E-state index is 0.160. The van der Waals surface area contributed by atoms with Gasteiger partial charge < -0.3 is 5.73 Å². The number of carbonyl (C=O) groups excluding carboxylic acids is 2. The number of likely N-dealkylation sites (N-methyl/N-ethyl adjacent to an activating group) is 1. The zero-order valence-electron chi connectivity index (χ0n) is 10.8. The number of urea groups is 1. The van der Waals surface area contributed by atoms with Crippen LogP contribution >= 0.6 is 0 Å². The van der Waals surface area contributed by atoms with Gasteiger partial charge in [-0.2, -0.15) is 0 Å². The normalized spacial score (nSPS) is 10.4. The van der Waals surface area contributed by atoms with Gasteiger partial charge in [0.1, 0.15) is 0 Å². The van der Waals surface area contributed by atoms with Crippen LogP contribution in [0.5, 0.6) is 0 Å². The topological polar surface area (TPSA) is 75.4 Å². The molecule has 0 saturated heterocycles. The van der Waals surface area contributed by atoms with Gasteiger partial charge in [0.2, 0.25) is 5.91 Å². The van der Waals surface area contributed by atoms with Gasteiger partial charge in [-0.3, -0.25) is 15.0 Å². The number of nitrogens with one attached hydrogen (secondary N) is 1. The molecule has 5 nitrogen and oxygen atoms in total. The van der Waals surface area contributed by atoms with Gasteiger partial charge in [0, 0.05) is 6.54 Å². The van der Waals surface area contributed by atoms with E-state index in [4.69, 9.17) is 5.73 Å². The van der Waals surface area contributed by atoms with E-state index in [2.05, 4.69) is 5.32 Å². The fraction of sp³-hybridized carbons (Fsp3) is 0.385. The number of nitrogens with zero attached hydrogens (tertiary/aromatic N) is 1. The van der Waals surface area contributed by atoms with Gasteiger partial charge in [0.25, 0.3) is 0 Å². The third-order valence-electron chi connectivity index (χ3n) is 2.73. The van der Waals surface area contributed by atoms with Crippen LogP contribution in [0.25, 0.3) is 0 Å². The zero-order valence-corrected chi connectivity index (χ0v) is 10.8. The lowest BCUT2D eigenvalue weighted by molar-refractivity contribution is -0.121. The van der Waals surface area contributed by atoms with Crippen molar-refractivity contribution in [2.75, 3.05) is 13.1 Å². The van der Waals surface area contributed by atoms with Crippen molar-refractivity contribution in [1.29, 1.82) is 0 Å². The first-order valence-electron chi connectivity index (χ1n) is 5.89. The summed E-state index contributed by atoms with van der Waals surface area (Å²) in [5.74, 6) is -0.377. The maximum atomic E-state index is 11.4. The third kappa shape index (κ3) is 4.55. The monoisotopic (exact) mass is 249 g/mol. The Morgan fingerprint density at radius 1 is 1.33 bits per heavy atom. The molecule has 18 heavy (non-hydrogen) atoms. The second-order valence-corrected chi connectivity index (χ2v) is 4.14. The van der Waals surface area contributed by atoms with Crippen molar-refractivity contribution in [2.24, 2.45) is 5.73 Å². The highest BCUT2D eigenvalue weighted by molar-refractivity contribution is 5.94. The SMILES string of the molecule is CCN(CC(=O)NC(N)=O)Cc1ccccc1C. The van der Waals surface area contributed by atoms with Crippen LogP contribution in [-0.2, 0) is 11.3 Å².